The van der Waals surface area contributed by atoms with Crippen molar-refractivity contribution in [3.05, 3.63) is 59.2 Å². The Morgan fingerprint density at radius 1 is 1.15 bits per heavy atom. The van der Waals surface area contributed by atoms with Crippen molar-refractivity contribution in [3.63, 3.8) is 0 Å². The molecule has 1 saturated heterocycles. The lowest BCUT2D eigenvalue weighted by Gasteiger charge is -2.22. The zero-order valence-electron chi connectivity index (χ0n) is 14.0. The summed E-state index contributed by atoms with van der Waals surface area (Å²) in [5, 5.41) is 7.12. The van der Waals surface area contributed by atoms with E-state index < -0.39 is 6.04 Å². The number of carbonyl (C=O) groups is 2. The van der Waals surface area contributed by atoms with Crippen molar-refractivity contribution in [1.82, 2.24) is 15.6 Å². The summed E-state index contributed by atoms with van der Waals surface area (Å²) in [6.07, 6.45) is 1.49. The molecule has 0 saturated carbocycles. The molecule has 1 aromatic heterocycles. The normalized spacial score (nSPS) is 17.1. The second-order valence-electron chi connectivity index (χ2n) is 6.39. The molecule has 0 unspecified atom stereocenters. The summed E-state index contributed by atoms with van der Waals surface area (Å²) in [4.78, 5) is 28.1. The number of amides is 2. The van der Waals surface area contributed by atoms with Gasteiger partial charge in [0.2, 0.25) is 5.91 Å². The Kier molecular flexibility index (Phi) is 4.39. The van der Waals surface area contributed by atoms with Gasteiger partial charge in [-0.3, -0.25) is 9.59 Å². The maximum Gasteiger partial charge on any atom is 0.269 e. The Morgan fingerprint density at radius 3 is 2.73 bits per heavy atom. The molecule has 1 fully saturated rings. The summed E-state index contributed by atoms with van der Waals surface area (Å²) in [6, 6.07) is 14.7. The monoisotopic (exact) mass is 367 g/mol. The molecule has 0 radical (unpaired) electrons. The Labute approximate surface area is 155 Å². The number of nitrogens with one attached hydrogen (secondary N) is 3. The molecule has 2 aromatic carbocycles. The number of carbonyl (C=O) groups excluding carboxylic acids is 2. The minimum absolute atomic E-state index is 0.134. The van der Waals surface area contributed by atoms with Gasteiger partial charge in [0, 0.05) is 28.0 Å². The van der Waals surface area contributed by atoms with Gasteiger partial charge in [-0.1, -0.05) is 41.9 Å². The summed E-state index contributed by atoms with van der Waals surface area (Å²) in [5.41, 5.74) is 2.97. The molecule has 1 aliphatic heterocycles. The van der Waals surface area contributed by atoms with E-state index in [0.717, 1.165) is 28.5 Å². The summed E-state index contributed by atoms with van der Waals surface area (Å²) < 4.78 is 0. The van der Waals surface area contributed by atoms with Crippen molar-refractivity contribution in [1.29, 1.82) is 0 Å². The van der Waals surface area contributed by atoms with Crippen molar-refractivity contribution in [2.24, 2.45) is 0 Å². The second kappa shape index (κ2) is 6.84. The summed E-state index contributed by atoms with van der Waals surface area (Å²) in [6.45, 7) is 0.658. The number of aromatic amines is 1. The summed E-state index contributed by atoms with van der Waals surface area (Å²) >= 11 is 6.17. The van der Waals surface area contributed by atoms with Crippen molar-refractivity contribution in [3.8, 4) is 11.1 Å². The predicted octanol–water partition coefficient (Wildman–Crippen LogP) is 3.50. The maximum atomic E-state index is 13.0. The van der Waals surface area contributed by atoms with Crippen LogP contribution >= 0.6 is 11.6 Å². The third-order valence-corrected chi connectivity index (χ3v) is 4.88. The van der Waals surface area contributed by atoms with E-state index in [9.17, 15) is 9.59 Å². The Hall–Kier alpha value is -2.79. The average Bonchev–Trinajstić information content (AvgIpc) is 3.03. The SMILES string of the molecule is O=C(N[C@@H]1CCCNC1=O)c1[nH]c2ccc(Cl)cc2c1-c1ccccc1. The molecule has 4 rings (SSSR count). The van der Waals surface area contributed by atoms with Gasteiger partial charge in [0.1, 0.15) is 11.7 Å². The zero-order valence-corrected chi connectivity index (χ0v) is 14.8. The molecule has 0 aliphatic carbocycles. The fraction of sp³-hybridized carbons (Fsp3) is 0.200. The lowest BCUT2D eigenvalue weighted by molar-refractivity contribution is -0.124. The molecule has 1 atom stereocenters. The van der Waals surface area contributed by atoms with E-state index in [0.29, 0.717) is 23.7 Å². The van der Waals surface area contributed by atoms with Crippen LogP contribution in [0.25, 0.3) is 22.0 Å². The molecule has 0 bridgehead atoms. The van der Waals surface area contributed by atoms with E-state index in [1.165, 1.54) is 0 Å². The van der Waals surface area contributed by atoms with Gasteiger partial charge in [0.15, 0.2) is 0 Å². The molecule has 3 N–H and O–H groups in total. The summed E-state index contributed by atoms with van der Waals surface area (Å²) in [5.74, 6) is -0.428. The quantitative estimate of drug-likeness (QED) is 0.662. The lowest BCUT2D eigenvalue weighted by atomic mass is 10.0. The minimum atomic E-state index is -0.505. The molecular formula is C20H18ClN3O2. The second-order valence-corrected chi connectivity index (χ2v) is 6.83. The molecule has 132 valence electrons. The van der Waals surface area contributed by atoms with E-state index in [-0.39, 0.29) is 11.8 Å². The first-order chi connectivity index (χ1) is 12.6. The van der Waals surface area contributed by atoms with Gasteiger partial charge in [0.05, 0.1) is 0 Å². The van der Waals surface area contributed by atoms with Crippen LogP contribution in [-0.4, -0.2) is 29.4 Å². The van der Waals surface area contributed by atoms with Crippen LogP contribution in [0.4, 0.5) is 0 Å². The zero-order chi connectivity index (χ0) is 18.1. The highest BCUT2D eigenvalue weighted by molar-refractivity contribution is 6.31. The Balaban J connectivity index is 1.79. The highest BCUT2D eigenvalue weighted by Crippen LogP contribution is 2.34. The Bertz CT molecular complexity index is 981. The van der Waals surface area contributed by atoms with Crippen LogP contribution in [-0.2, 0) is 4.79 Å². The van der Waals surface area contributed by atoms with Gasteiger partial charge in [0.25, 0.3) is 5.91 Å². The number of fused-ring (bicyclic) bond motifs is 1. The van der Waals surface area contributed by atoms with Crippen molar-refractivity contribution in [2.75, 3.05) is 6.54 Å². The Morgan fingerprint density at radius 2 is 1.96 bits per heavy atom. The van der Waals surface area contributed by atoms with Crippen molar-refractivity contribution in [2.45, 2.75) is 18.9 Å². The van der Waals surface area contributed by atoms with Gasteiger partial charge < -0.3 is 15.6 Å². The minimum Gasteiger partial charge on any atom is -0.354 e. The number of halogens is 1. The first kappa shape index (κ1) is 16.7. The summed E-state index contributed by atoms with van der Waals surface area (Å²) in [7, 11) is 0. The number of H-pyrrole nitrogens is 1. The van der Waals surface area contributed by atoms with Crippen LogP contribution in [0.1, 0.15) is 23.3 Å². The third kappa shape index (κ3) is 3.06. The maximum absolute atomic E-state index is 13.0. The van der Waals surface area contributed by atoms with Gasteiger partial charge in [-0.2, -0.15) is 0 Å². The number of aromatic nitrogens is 1. The third-order valence-electron chi connectivity index (χ3n) is 4.64. The van der Waals surface area contributed by atoms with Crippen LogP contribution in [0.15, 0.2) is 48.5 Å². The fourth-order valence-corrected chi connectivity index (χ4v) is 3.55. The topological polar surface area (TPSA) is 74.0 Å². The molecule has 5 nitrogen and oxygen atoms in total. The van der Waals surface area contributed by atoms with Crippen LogP contribution in [0.2, 0.25) is 5.02 Å². The molecule has 0 spiro atoms. The van der Waals surface area contributed by atoms with Crippen LogP contribution in [0.5, 0.6) is 0 Å². The van der Waals surface area contributed by atoms with E-state index in [1.54, 1.807) is 6.07 Å². The number of hydrogen-bond donors (Lipinski definition) is 3. The lowest BCUT2D eigenvalue weighted by Crippen LogP contribution is -2.50. The number of benzene rings is 2. The van der Waals surface area contributed by atoms with Crippen molar-refractivity contribution >= 4 is 34.3 Å². The number of hydrogen-bond acceptors (Lipinski definition) is 2. The number of rotatable bonds is 3. The smallest absolute Gasteiger partial charge is 0.269 e. The number of piperidine rings is 1. The molecule has 6 heteroatoms. The van der Waals surface area contributed by atoms with E-state index >= 15 is 0 Å². The van der Waals surface area contributed by atoms with Gasteiger partial charge >= 0.3 is 0 Å². The van der Waals surface area contributed by atoms with Crippen LogP contribution in [0, 0.1) is 0 Å². The fourth-order valence-electron chi connectivity index (χ4n) is 3.38. The molecule has 3 aromatic rings. The highest BCUT2D eigenvalue weighted by atomic mass is 35.5. The van der Waals surface area contributed by atoms with Gasteiger partial charge in [-0.05, 0) is 36.6 Å². The largest absolute Gasteiger partial charge is 0.354 e. The van der Waals surface area contributed by atoms with Gasteiger partial charge in [-0.15, -0.1) is 0 Å². The van der Waals surface area contributed by atoms with Crippen LogP contribution < -0.4 is 10.6 Å². The predicted molar refractivity (Wildman–Crippen MR) is 102 cm³/mol. The molecule has 2 amide bonds. The first-order valence-electron chi connectivity index (χ1n) is 8.59. The highest BCUT2D eigenvalue weighted by Gasteiger charge is 2.26. The average molecular weight is 368 g/mol. The first-order valence-corrected chi connectivity index (χ1v) is 8.96. The van der Waals surface area contributed by atoms with Crippen LogP contribution in [0.3, 0.4) is 0 Å². The van der Waals surface area contributed by atoms with E-state index in [1.807, 2.05) is 42.5 Å². The van der Waals surface area contributed by atoms with E-state index in [2.05, 4.69) is 15.6 Å². The molecule has 1 aliphatic rings. The molecular weight excluding hydrogens is 350 g/mol. The standard InChI is InChI=1S/C20H18ClN3O2/c21-13-8-9-15-14(11-13)17(12-5-2-1-3-6-12)18(23-15)20(26)24-16-7-4-10-22-19(16)25/h1-3,5-6,8-9,11,16,23H,4,7,10H2,(H,22,25)(H,24,26)/t16-/m1/s1. The van der Waals surface area contributed by atoms with Crippen molar-refractivity contribution < 1.29 is 9.59 Å². The van der Waals surface area contributed by atoms with Gasteiger partial charge in [-0.25, -0.2) is 0 Å². The molecule has 2 heterocycles. The molecule has 26 heavy (non-hydrogen) atoms. The van der Waals surface area contributed by atoms with E-state index in [4.69, 9.17) is 11.6 Å².